The molecule has 0 saturated carbocycles. The Balaban J connectivity index is 2.13. The van der Waals surface area contributed by atoms with Gasteiger partial charge in [-0.05, 0) is 24.3 Å². The van der Waals surface area contributed by atoms with Crippen molar-refractivity contribution in [2.75, 3.05) is 5.32 Å². The van der Waals surface area contributed by atoms with Crippen LogP contribution >= 0.6 is 24.0 Å². The molecule has 0 aliphatic heterocycles. The zero-order valence-electron chi connectivity index (χ0n) is 8.11. The molecule has 2 rings (SSSR count). The summed E-state index contributed by atoms with van der Waals surface area (Å²) in [6.07, 6.45) is 0. The van der Waals surface area contributed by atoms with E-state index in [0.717, 1.165) is 4.90 Å². The molecule has 82 valence electrons. The van der Waals surface area contributed by atoms with E-state index in [1.54, 1.807) is 23.6 Å². The lowest BCUT2D eigenvalue weighted by Crippen LogP contribution is -2.10. The van der Waals surface area contributed by atoms with E-state index >= 15 is 0 Å². The molecule has 0 radical (unpaired) electrons. The Kier molecular flexibility index (Phi) is 3.26. The van der Waals surface area contributed by atoms with Gasteiger partial charge in [0.1, 0.15) is 5.82 Å². The van der Waals surface area contributed by atoms with Gasteiger partial charge in [-0.2, -0.15) is 0 Å². The molecule has 0 unspecified atom stereocenters. The molecule has 16 heavy (non-hydrogen) atoms. The molecule has 0 aliphatic carbocycles. The van der Waals surface area contributed by atoms with E-state index in [2.05, 4.69) is 17.9 Å². The van der Waals surface area contributed by atoms with Crippen molar-refractivity contribution < 1.29 is 9.18 Å². The van der Waals surface area contributed by atoms with Gasteiger partial charge in [0.25, 0.3) is 5.91 Å². The summed E-state index contributed by atoms with van der Waals surface area (Å²) in [5.41, 5.74) is 0.444. The summed E-state index contributed by atoms with van der Waals surface area (Å²) in [6.45, 7) is 0. The summed E-state index contributed by atoms with van der Waals surface area (Å²) >= 11 is 5.41. The fourth-order valence-electron chi connectivity index (χ4n) is 1.20. The normalized spacial score (nSPS) is 10.1. The Hall–Kier alpha value is -1.33. The van der Waals surface area contributed by atoms with Gasteiger partial charge in [0.15, 0.2) is 0 Å². The third-order valence-corrected chi connectivity index (χ3v) is 3.25. The van der Waals surface area contributed by atoms with Crippen molar-refractivity contribution in [3.8, 4) is 0 Å². The summed E-state index contributed by atoms with van der Waals surface area (Å²) in [7, 11) is 0. The highest BCUT2D eigenvalue weighted by atomic mass is 32.1. The minimum Gasteiger partial charge on any atom is -0.321 e. The van der Waals surface area contributed by atoms with Crippen LogP contribution in [0.2, 0.25) is 0 Å². The van der Waals surface area contributed by atoms with E-state index in [1.165, 1.54) is 23.5 Å². The lowest BCUT2D eigenvalue weighted by molar-refractivity contribution is 0.103. The van der Waals surface area contributed by atoms with Gasteiger partial charge in [-0.3, -0.25) is 4.79 Å². The van der Waals surface area contributed by atoms with Crippen molar-refractivity contribution in [2.45, 2.75) is 4.90 Å². The smallest absolute Gasteiger partial charge is 0.265 e. The lowest BCUT2D eigenvalue weighted by atomic mass is 10.3. The monoisotopic (exact) mass is 253 g/mol. The van der Waals surface area contributed by atoms with Gasteiger partial charge < -0.3 is 5.32 Å². The standard InChI is InChI=1S/C11H8FNOS2/c12-7-2-1-3-8(4-7)13-11(14)10-5-9(15)6-16-10/h1-6,15H,(H,13,14). The van der Waals surface area contributed by atoms with E-state index in [9.17, 15) is 9.18 Å². The van der Waals surface area contributed by atoms with Gasteiger partial charge in [0, 0.05) is 16.0 Å². The van der Waals surface area contributed by atoms with Crippen molar-refractivity contribution in [3.05, 3.63) is 46.4 Å². The predicted molar refractivity (Wildman–Crippen MR) is 65.9 cm³/mol. The van der Waals surface area contributed by atoms with E-state index < -0.39 is 0 Å². The van der Waals surface area contributed by atoms with Crippen LogP contribution in [0.25, 0.3) is 0 Å². The fraction of sp³-hybridized carbons (Fsp3) is 0. The number of nitrogens with one attached hydrogen (secondary N) is 1. The maximum atomic E-state index is 12.9. The van der Waals surface area contributed by atoms with Gasteiger partial charge in [-0.15, -0.1) is 24.0 Å². The number of rotatable bonds is 2. The Morgan fingerprint density at radius 2 is 2.19 bits per heavy atom. The van der Waals surface area contributed by atoms with Crippen LogP contribution in [0, 0.1) is 5.82 Å². The van der Waals surface area contributed by atoms with Crippen LogP contribution in [0.15, 0.2) is 40.6 Å². The predicted octanol–water partition coefficient (Wildman–Crippen LogP) is 3.43. The van der Waals surface area contributed by atoms with Crippen LogP contribution in [-0.4, -0.2) is 5.91 Å². The Bertz CT molecular complexity index is 524. The largest absolute Gasteiger partial charge is 0.321 e. The Labute approximate surface area is 102 Å². The number of thiophene rings is 1. The third kappa shape index (κ3) is 2.62. The quantitative estimate of drug-likeness (QED) is 0.789. The number of carbonyl (C=O) groups excluding carboxylic acids is 1. The molecule has 0 atom stereocenters. The number of benzene rings is 1. The molecule has 0 bridgehead atoms. The van der Waals surface area contributed by atoms with Gasteiger partial charge in [0.2, 0.25) is 0 Å². The first kappa shape index (κ1) is 11.2. The second-order valence-corrected chi connectivity index (χ2v) is 4.56. The van der Waals surface area contributed by atoms with Crippen LogP contribution in [0.4, 0.5) is 10.1 Å². The third-order valence-electron chi connectivity index (χ3n) is 1.89. The van der Waals surface area contributed by atoms with Crippen molar-refractivity contribution >= 4 is 35.6 Å². The number of amides is 1. The summed E-state index contributed by atoms with van der Waals surface area (Å²) in [4.78, 5) is 13.0. The second-order valence-electron chi connectivity index (χ2n) is 3.13. The van der Waals surface area contributed by atoms with Gasteiger partial charge >= 0.3 is 0 Å². The van der Waals surface area contributed by atoms with Crippen LogP contribution in [0.5, 0.6) is 0 Å². The molecule has 0 spiro atoms. The molecule has 5 heteroatoms. The number of hydrogen-bond acceptors (Lipinski definition) is 3. The second kappa shape index (κ2) is 4.67. The molecule has 1 N–H and O–H groups in total. The Morgan fingerprint density at radius 3 is 2.81 bits per heavy atom. The van der Waals surface area contributed by atoms with E-state index in [1.807, 2.05) is 0 Å². The van der Waals surface area contributed by atoms with Crippen LogP contribution in [0.3, 0.4) is 0 Å². The molecule has 1 heterocycles. The minimum absolute atomic E-state index is 0.254. The fourth-order valence-corrected chi connectivity index (χ4v) is 2.25. The van der Waals surface area contributed by atoms with Crippen molar-refractivity contribution in [1.29, 1.82) is 0 Å². The molecule has 2 aromatic rings. The minimum atomic E-state index is -0.376. The van der Waals surface area contributed by atoms with Crippen LogP contribution < -0.4 is 5.32 Å². The first-order valence-corrected chi connectivity index (χ1v) is 5.82. The van der Waals surface area contributed by atoms with E-state index in [-0.39, 0.29) is 11.7 Å². The van der Waals surface area contributed by atoms with Gasteiger partial charge in [-0.25, -0.2) is 4.39 Å². The number of thiol groups is 1. The number of carbonyl (C=O) groups is 1. The molecule has 2 nitrogen and oxygen atoms in total. The first-order chi connectivity index (χ1) is 7.65. The summed E-state index contributed by atoms with van der Waals surface area (Å²) in [6, 6.07) is 7.45. The highest BCUT2D eigenvalue weighted by molar-refractivity contribution is 7.80. The van der Waals surface area contributed by atoms with Crippen molar-refractivity contribution in [3.63, 3.8) is 0 Å². The molecule has 0 saturated heterocycles. The highest BCUT2D eigenvalue weighted by Gasteiger charge is 2.08. The average molecular weight is 253 g/mol. The van der Waals surface area contributed by atoms with Gasteiger partial charge in [0.05, 0.1) is 4.88 Å². The lowest BCUT2D eigenvalue weighted by Gasteiger charge is -2.02. The summed E-state index contributed by atoms with van der Waals surface area (Å²) in [5, 5.41) is 4.38. The maximum Gasteiger partial charge on any atom is 0.265 e. The van der Waals surface area contributed by atoms with Crippen molar-refractivity contribution in [1.82, 2.24) is 0 Å². The summed E-state index contributed by atoms with van der Waals surface area (Å²) < 4.78 is 12.9. The molecular formula is C11H8FNOS2. The molecule has 1 aromatic heterocycles. The van der Waals surface area contributed by atoms with Crippen LogP contribution in [-0.2, 0) is 0 Å². The SMILES string of the molecule is O=C(Nc1cccc(F)c1)c1cc(S)cs1. The molecule has 1 aromatic carbocycles. The van der Waals surface area contributed by atoms with Gasteiger partial charge in [-0.1, -0.05) is 6.07 Å². The zero-order valence-corrected chi connectivity index (χ0v) is 9.82. The van der Waals surface area contributed by atoms with E-state index in [4.69, 9.17) is 0 Å². The zero-order chi connectivity index (χ0) is 11.5. The molecule has 0 fully saturated rings. The average Bonchev–Trinajstić information content (AvgIpc) is 2.65. The highest BCUT2D eigenvalue weighted by Crippen LogP contribution is 2.19. The first-order valence-electron chi connectivity index (χ1n) is 4.49. The van der Waals surface area contributed by atoms with Crippen LogP contribution in [0.1, 0.15) is 9.67 Å². The molecular weight excluding hydrogens is 245 g/mol. The van der Waals surface area contributed by atoms with E-state index in [0.29, 0.717) is 10.6 Å². The molecule has 0 aliphatic rings. The maximum absolute atomic E-state index is 12.9. The van der Waals surface area contributed by atoms with Crippen molar-refractivity contribution in [2.24, 2.45) is 0 Å². The summed E-state index contributed by atoms with van der Waals surface area (Å²) in [5.74, 6) is -0.630. The topological polar surface area (TPSA) is 29.1 Å². The number of halogens is 1. The molecule has 1 amide bonds. The number of hydrogen-bond donors (Lipinski definition) is 2. The Morgan fingerprint density at radius 1 is 1.38 bits per heavy atom. The number of anilines is 1.